The zero-order valence-electron chi connectivity index (χ0n) is 28.7. The summed E-state index contributed by atoms with van der Waals surface area (Å²) in [5, 5.41) is 114. The number of carbonyl (C=O) groups is 1. The summed E-state index contributed by atoms with van der Waals surface area (Å²) in [5.41, 5.74) is 30.5. The van der Waals surface area contributed by atoms with E-state index in [1.165, 1.54) is 0 Å². The van der Waals surface area contributed by atoms with Crippen molar-refractivity contribution in [2.75, 3.05) is 19.8 Å². The number of carboxylic acids is 1. The molecule has 0 aromatic carbocycles. The molecule has 5 aliphatic rings. The standard InChI is InChI=1S/C29H53N5O20/c30-2-7-21(52-28-18(43)16(41)17(42)24(54-28)25(45)46)15(40)11(34)27(47-7)51-22-9(4-36)49-29(19(22)44)53-23-12(37)5(31)1-6(32)20(23)50-26-10(33)14(39)13(38)8(3-35)48-26/h5-24,26-29,35-44H,1-4,30-34H2,(H,45,46)/t5-,6+,7+,8-,9-,10-,11-,12+,13-,14-,15-,16?,17?,18?,19-,20-,21-,22-,23-,24?,26-,27-,28?,29+/m1/s1. The largest absolute Gasteiger partial charge is 0.479 e. The Bertz CT molecular complexity index is 1230. The summed E-state index contributed by atoms with van der Waals surface area (Å²) in [5.74, 6) is -1.67. The van der Waals surface area contributed by atoms with Crippen LogP contribution in [0.4, 0.5) is 0 Å². The monoisotopic (exact) mass is 791 g/mol. The molecular weight excluding hydrogens is 738 g/mol. The molecule has 25 heteroatoms. The van der Waals surface area contributed by atoms with E-state index in [-0.39, 0.29) is 6.42 Å². The lowest BCUT2D eigenvalue weighted by molar-refractivity contribution is -0.343. The summed E-state index contributed by atoms with van der Waals surface area (Å²) in [7, 11) is 0. The van der Waals surface area contributed by atoms with Gasteiger partial charge in [-0.05, 0) is 6.42 Å². The van der Waals surface area contributed by atoms with Crippen molar-refractivity contribution in [3.63, 3.8) is 0 Å². The van der Waals surface area contributed by atoms with Gasteiger partial charge in [-0.3, -0.25) is 0 Å². The molecule has 0 bridgehead atoms. The van der Waals surface area contributed by atoms with E-state index in [1.54, 1.807) is 0 Å². The van der Waals surface area contributed by atoms with Crippen molar-refractivity contribution in [1.29, 1.82) is 0 Å². The zero-order chi connectivity index (χ0) is 39.9. The second kappa shape index (κ2) is 18.0. The SMILES string of the molecule is NC[C@@H]1O[C@H](O[C@H]2[C@@H](O)[C@H](O[C@@H]3[C@@H](O)[C@H](N)C[C@H](N)[C@H]3O[C@H]3O[C@H](CO)[C@@H](O)[C@H](O)[C@H]3N)O[C@@H]2CO)[C@H](N)[C@@H](O)[C@@H]1OC1OC(C(=O)O)C(O)C(O)C1O. The first-order valence-corrected chi connectivity index (χ1v) is 17.3. The van der Waals surface area contributed by atoms with E-state index in [1.807, 2.05) is 0 Å². The maximum Gasteiger partial charge on any atom is 0.335 e. The highest BCUT2D eigenvalue weighted by Crippen LogP contribution is 2.35. The molecule has 25 nitrogen and oxygen atoms in total. The number of hydrogen-bond acceptors (Lipinski definition) is 24. The van der Waals surface area contributed by atoms with Crippen LogP contribution in [0.3, 0.4) is 0 Å². The molecule has 0 radical (unpaired) electrons. The number of nitrogens with two attached hydrogens (primary N) is 5. The molecule has 1 saturated carbocycles. The van der Waals surface area contributed by atoms with E-state index in [9.17, 15) is 61.0 Å². The first-order chi connectivity index (χ1) is 25.4. The van der Waals surface area contributed by atoms with Crippen LogP contribution in [-0.2, 0) is 42.7 Å². The molecule has 4 heterocycles. The van der Waals surface area contributed by atoms with Crippen LogP contribution in [0.1, 0.15) is 6.42 Å². The Morgan fingerprint density at radius 1 is 0.519 bits per heavy atom. The van der Waals surface area contributed by atoms with Gasteiger partial charge in [-0.25, -0.2) is 4.79 Å². The summed E-state index contributed by atoms with van der Waals surface area (Å²) < 4.78 is 45.6. The highest BCUT2D eigenvalue weighted by Gasteiger charge is 2.56. The third-order valence-electron chi connectivity index (χ3n) is 10.4. The Kier molecular flexibility index (Phi) is 14.6. The second-order valence-corrected chi connectivity index (χ2v) is 14.0. The molecule has 4 saturated heterocycles. The van der Waals surface area contributed by atoms with Gasteiger partial charge in [-0.1, -0.05) is 0 Å². The fourth-order valence-corrected chi connectivity index (χ4v) is 7.17. The molecule has 0 amide bonds. The predicted molar refractivity (Wildman–Crippen MR) is 170 cm³/mol. The first kappa shape index (κ1) is 43.7. The number of aliphatic carboxylic acids is 1. The Hall–Kier alpha value is -1.45. The van der Waals surface area contributed by atoms with E-state index in [0.717, 1.165) is 0 Å². The van der Waals surface area contributed by atoms with Gasteiger partial charge in [0.15, 0.2) is 31.3 Å². The van der Waals surface area contributed by atoms with E-state index in [2.05, 4.69) is 0 Å². The van der Waals surface area contributed by atoms with Gasteiger partial charge in [0, 0.05) is 18.6 Å². The van der Waals surface area contributed by atoms with Crippen LogP contribution >= 0.6 is 0 Å². The van der Waals surface area contributed by atoms with Crippen molar-refractivity contribution in [3.05, 3.63) is 0 Å². The molecule has 0 aromatic heterocycles. The van der Waals surface area contributed by atoms with Gasteiger partial charge in [-0.15, -0.1) is 0 Å². The third kappa shape index (κ3) is 8.54. The Morgan fingerprint density at radius 2 is 1.02 bits per heavy atom. The summed E-state index contributed by atoms with van der Waals surface area (Å²) in [6.07, 6.45) is -32.5. The van der Waals surface area contributed by atoms with Crippen molar-refractivity contribution in [2.45, 2.75) is 153 Å². The van der Waals surface area contributed by atoms with Crippen LogP contribution in [0.5, 0.6) is 0 Å². The Labute approximate surface area is 306 Å². The molecule has 0 spiro atoms. The number of aliphatic hydroxyl groups excluding tert-OH is 10. The highest BCUT2D eigenvalue weighted by molar-refractivity contribution is 5.73. The second-order valence-electron chi connectivity index (χ2n) is 14.0. The van der Waals surface area contributed by atoms with Crippen molar-refractivity contribution in [3.8, 4) is 0 Å². The van der Waals surface area contributed by atoms with E-state index >= 15 is 0 Å². The maximum absolute atomic E-state index is 11.5. The first-order valence-electron chi connectivity index (χ1n) is 17.3. The molecule has 4 aliphatic heterocycles. The number of aliphatic hydroxyl groups is 10. The van der Waals surface area contributed by atoms with Crippen LogP contribution in [0.15, 0.2) is 0 Å². The van der Waals surface area contributed by atoms with E-state index in [0.29, 0.717) is 0 Å². The fourth-order valence-electron chi connectivity index (χ4n) is 7.17. The van der Waals surface area contributed by atoms with Crippen LogP contribution < -0.4 is 28.7 Å². The average molecular weight is 792 g/mol. The van der Waals surface area contributed by atoms with Crippen molar-refractivity contribution >= 4 is 5.97 Å². The van der Waals surface area contributed by atoms with Gasteiger partial charge in [-0.2, -0.15) is 0 Å². The normalized spacial score (nSPS) is 53.0. The van der Waals surface area contributed by atoms with Gasteiger partial charge in [0.1, 0.15) is 85.5 Å². The smallest absolute Gasteiger partial charge is 0.335 e. The lowest BCUT2D eigenvalue weighted by Crippen LogP contribution is -2.68. The Balaban J connectivity index is 1.27. The third-order valence-corrected chi connectivity index (χ3v) is 10.4. The highest BCUT2D eigenvalue weighted by atomic mass is 16.8. The maximum atomic E-state index is 11.5. The van der Waals surface area contributed by atoms with Crippen LogP contribution in [0.2, 0.25) is 0 Å². The molecule has 24 atom stereocenters. The Morgan fingerprint density at radius 3 is 1.61 bits per heavy atom. The molecule has 1 aliphatic carbocycles. The van der Waals surface area contributed by atoms with Crippen molar-refractivity contribution in [2.24, 2.45) is 28.7 Å². The molecular formula is C29H53N5O20. The molecule has 54 heavy (non-hydrogen) atoms. The lowest BCUT2D eigenvalue weighted by atomic mass is 9.84. The number of carboxylic acid groups (broad SMARTS) is 1. The number of ether oxygens (including phenoxy) is 8. The van der Waals surface area contributed by atoms with Gasteiger partial charge in [0.2, 0.25) is 0 Å². The van der Waals surface area contributed by atoms with Crippen molar-refractivity contribution < 1.29 is 98.9 Å². The summed E-state index contributed by atoms with van der Waals surface area (Å²) in [6.45, 7) is -1.87. The quantitative estimate of drug-likeness (QED) is 0.0872. The summed E-state index contributed by atoms with van der Waals surface area (Å²) in [4.78, 5) is 11.5. The van der Waals surface area contributed by atoms with E-state index < -0.39 is 173 Å². The predicted octanol–water partition coefficient (Wildman–Crippen LogP) is -10.9. The summed E-state index contributed by atoms with van der Waals surface area (Å²) >= 11 is 0. The van der Waals surface area contributed by atoms with Gasteiger partial charge in [0.25, 0.3) is 0 Å². The molecule has 5 fully saturated rings. The molecule has 5 unspecified atom stereocenters. The number of rotatable bonds is 12. The van der Waals surface area contributed by atoms with Crippen LogP contribution in [0.25, 0.3) is 0 Å². The average Bonchev–Trinajstić information content (AvgIpc) is 3.44. The minimum atomic E-state index is -2.01. The summed E-state index contributed by atoms with van der Waals surface area (Å²) in [6, 6.07) is -4.78. The molecule has 5 rings (SSSR count). The van der Waals surface area contributed by atoms with Crippen LogP contribution in [-0.4, -0.2) is 229 Å². The van der Waals surface area contributed by atoms with Gasteiger partial charge < -0.3 is 123 Å². The minimum Gasteiger partial charge on any atom is -0.479 e. The van der Waals surface area contributed by atoms with Gasteiger partial charge >= 0.3 is 5.97 Å². The van der Waals surface area contributed by atoms with Crippen LogP contribution in [0, 0.1) is 0 Å². The van der Waals surface area contributed by atoms with E-state index in [4.69, 9.17) is 66.6 Å². The fraction of sp³-hybridized carbons (Fsp3) is 0.966. The minimum absolute atomic E-state index is 0.00208. The molecule has 0 aromatic rings. The van der Waals surface area contributed by atoms with Gasteiger partial charge in [0.05, 0.1) is 31.4 Å². The molecule has 314 valence electrons. The zero-order valence-corrected chi connectivity index (χ0v) is 28.7. The lowest BCUT2D eigenvalue weighted by Gasteiger charge is -2.47. The topological polar surface area (TPSA) is 444 Å². The van der Waals surface area contributed by atoms with Crippen molar-refractivity contribution in [1.82, 2.24) is 0 Å². The molecule has 21 N–H and O–H groups in total. The number of hydrogen-bond donors (Lipinski definition) is 16.